The molecule has 1 heteroatoms. The highest BCUT2D eigenvalue weighted by molar-refractivity contribution is 6.21. The van der Waals surface area contributed by atoms with Gasteiger partial charge in [0.25, 0.3) is 0 Å². The molecule has 11 aromatic rings. The molecule has 0 unspecified atom stereocenters. The van der Waals surface area contributed by atoms with Gasteiger partial charge in [-0.1, -0.05) is 188 Å². The first-order valence-corrected chi connectivity index (χ1v) is 18.9. The van der Waals surface area contributed by atoms with E-state index in [9.17, 15) is 0 Å². The predicted octanol–water partition coefficient (Wildman–Crippen LogP) is 15.4. The second-order valence-corrected chi connectivity index (χ2v) is 14.3. The van der Waals surface area contributed by atoms with E-state index in [-0.39, 0.29) is 0 Å². The summed E-state index contributed by atoms with van der Waals surface area (Å²) < 4.78 is 6.27. The molecule has 0 aliphatic rings. The minimum atomic E-state index is 0.909. The standard InChI is InChI=1S/C54H34O/c1-2-18-40-35(14-1)15-12-26-42(40)38-16-11-17-39(34-38)53-47-23-7-5-21-45(47)52(46-22-6-8-24-48(46)53)37-32-30-36(31-33-37)41-19-3-4-20-43(41)44-27-13-29-51-54(44)49-25-9-10-28-50(49)55-51/h1-34H. The van der Waals surface area contributed by atoms with E-state index in [1.54, 1.807) is 0 Å². The summed E-state index contributed by atoms with van der Waals surface area (Å²) in [6, 6.07) is 74.8. The largest absolute Gasteiger partial charge is 0.456 e. The van der Waals surface area contributed by atoms with Gasteiger partial charge in [-0.05, 0) is 106 Å². The summed E-state index contributed by atoms with van der Waals surface area (Å²) in [5, 5.41) is 9.82. The molecule has 0 aliphatic carbocycles. The van der Waals surface area contributed by atoms with E-state index >= 15 is 0 Å². The average Bonchev–Trinajstić information content (AvgIpc) is 3.65. The third-order valence-electron chi connectivity index (χ3n) is 11.3. The van der Waals surface area contributed by atoms with Crippen molar-refractivity contribution in [2.45, 2.75) is 0 Å². The summed E-state index contributed by atoms with van der Waals surface area (Å²) in [4.78, 5) is 0. The van der Waals surface area contributed by atoms with Crippen molar-refractivity contribution in [3.05, 3.63) is 206 Å². The summed E-state index contributed by atoms with van der Waals surface area (Å²) in [6.07, 6.45) is 0. The highest BCUT2D eigenvalue weighted by Gasteiger charge is 2.19. The van der Waals surface area contributed by atoms with Crippen LogP contribution in [-0.4, -0.2) is 0 Å². The van der Waals surface area contributed by atoms with Crippen LogP contribution < -0.4 is 0 Å². The summed E-state index contributed by atoms with van der Waals surface area (Å²) in [7, 11) is 0. The third-order valence-corrected chi connectivity index (χ3v) is 11.3. The lowest BCUT2D eigenvalue weighted by Gasteiger charge is -2.19. The number of fused-ring (bicyclic) bond motifs is 6. The van der Waals surface area contributed by atoms with Crippen LogP contribution in [0.2, 0.25) is 0 Å². The lowest BCUT2D eigenvalue weighted by atomic mass is 9.85. The SMILES string of the molecule is c1cc(-c2cccc3ccccc23)cc(-c2c3ccccc3c(-c3ccc(-c4ccccc4-c4cccc5oc6ccccc6c45)cc3)c3ccccc23)c1. The number of hydrogen-bond acceptors (Lipinski definition) is 1. The van der Waals surface area contributed by atoms with Gasteiger partial charge >= 0.3 is 0 Å². The van der Waals surface area contributed by atoms with Crippen molar-refractivity contribution in [1.82, 2.24) is 0 Å². The van der Waals surface area contributed by atoms with Gasteiger partial charge in [-0.25, -0.2) is 0 Å². The van der Waals surface area contributed by atoms with Gasteiger partial charge in [-0.15, -0.1) is 0 Å². The van der Waals surface area contributed by atoms with E-state index in [4.69, 9.17) is 4.42 Å². The van der Waals surface area contributed by atoms with Crippen LogP contribution in [0.4, 0.5) is 0 Å². The molecule has 0 bridgehead atoms. The van der Waals surface area contributed by atoms with Crippen molar-refractivity contribution in [3.8, 4) is 55.6 Å². The van der Waals surface area contributed by atoms with Gasteiger partial charge in [-0.2, -0.15) is 0 Å². The van der Waals surface area contributed by atoms with Crippen molar-refractivity contribution >= 4 is 54.3 Å². The highest BCUT2D eigenvalue weighted by atomic mass is 16.3. The van der Waals surface area contributed by atoms with Gasteiger partial charge in [0.15, 0.2) is 0 Å². The van der Waals surface area contributed by atoms with Crippen LogP contribution in [0.25, 0.3) is 110 Å². The molecule has 10 aromatic carbocycles. The number of benzene rings is 10. The lowest BCUT2D eigenvalue weighted by Crippen LogP contribution is -1.92. The molecule has 0 amide bonds. The maximum Gasteiger partial charge on any atom is 0.136 e. The Balaban J connectivity index is 1.06. The number of furan rings is 1. The fourth-order valence-corrected chi connectivity index (χ4v) is 8.86. The molecular weight excluding hydrogens is 665 g/mol. The Bertz CT molecular complexity index is 3190. The summed E-state index contributed by atoms with van der Waals surface area (Å²) in [6.45, 7) is 0. The first-order valence-electron chi connectivity index (χ1n) is 18.9. The zero-order valence-corrected chi connectivity index (χ0v) is 30.0. The van der Waals surface area contributed by atoms with Crippen LogP contribution >= 0.6 is 0 Å². The van der Waals surface area contributed by atoms with E-state index in [1.807, 2.05) is 12.1 Å². The van der Waals surface area contributed by atoms with Gasteiger partial charge in [0.1, 0.15) is 11.2 Å². The molecule has 0 aliphatic heterocycles. The first kappa shape index (κ1) is 31.3. The van der Waals surface area contributed by atoms with E-state index in [0.717, 1.165) is 21.9 Å². The summed E-state index contributed by atoms with van der Waals surface area (Å²) in [5.41, 5.74) is 14.0. The molecule has 0 fully saturated rings. The molecule has 0 saturated carbocycles. The molecule has 1 nitrogen and oxygen atoms in total. The van der Waals surface area contributed by atoms with Gasteiger partial charge in [0.2, 0.25) is 0 Å². The quantitative estimate of drug-likeness (QED) is 0.163. The van der Waals surface area contributed by atoms with Crippen molar-refractivity contribution in [2.75, 3.05) is 0 Å². The number of hydrogen-bond donors (Lipinski definition) is 0. The van der Waals surface area contributed by atoms with Crippen LogP contribution in [0.5, 0.6) is 0 Å². The van der Waals surface area contributed by atoms with Crippen LogP contribution in [-0.2, 0) is 0 Å². The average molecular weight is 699 g/mol. The molecular formula is C54H34O. The zero-order valence-electron chi connectivity index (χ0n) is 30.0. The Labute approximate surface area is 319 Å². The Morgan fingerprint density at radius 1 is 0.255 bits per heavy atom. The molecule has 55 heavy (non-hydrogen) atoms. The Hall–Kier alpha value is -7.22. The van der Waals surface area contributed by atoms with Crippen LogP contribution in [0, 0.1) is 0 Å². The molecule has 0 N–H and O–H groups in total. The Kier molecular flexibility index (Phi) is 7.25. The smallest absolute Gasteiger partial charge is 0.136 e. The minimum absolute atomic E-state index is 0.909. The fourth-order valence-electron chi connectivity index (χ4n) is 8.86. The Morgan fingerprint density at radius 3 is 1.47 bits per heavy atom. The Morgan fingerprint density at radius 2 is 0.727 bits per heavy atom. The number of rotatable bonds is 5. The van der Waals surface area contributed by atoms with Gasteiger partial charge in [-0.3, -0.25) is 0 Å². The maximum absolute atomic E-state index is 6.27. The van der Waals surface area contributed by atoms with E-state index in [2.05, 4.69) is 194 Å². The third kappa shape index (κ3) is 5.09. The topological polar surface area (TPSA) is 13.1 Å². The van der Waals surface area contributed by atoms with Gasteiger partial charge in [0, 0.05) is 10.8 Å². The van der Waals surface area contributed by atoms with E-state index in [1.165, 1.54) is 88.0 Å². The van der Waals surface area contributed by atoms with Crippen molar-refractivity contribution in [2.24, 2.45) is 0 Å². The molecule has 0 spiro atoms. The van der Waals surface area contributed by atoms with Gasteiger partial charge in [0.05, 0.1) is 0 Å². The number of para-hydroxylation sites is 1. The molecule has 0 saturated heterocycles. The fraction of sp³-hybridized carbons (Fsp3) is 0. The minimum Gasteiger partial charge on any atom is -0.456 e. The summed E-state index contributed by atoms with van der Waals surface area (Å²) in [5.74, 6) is 0. The molecule has 1 aromatic heterocycles. The van der Waals surface area contributed by atoms with E-state index in [0.29, 0.717) is 0 Å². The second-order valence-electron chi connectivity index (χ2n) is 14.3. The second kappa shape index (κ2) is 12.7. The molecule has 0 atom stereocenters. The lowest BCUT2D eigenvalue weighted by molar-refractivity contribution is 0.669. The van der Waals surface area contributed by atoms with Gasteiger partial charge < -0.3 is 4.42 Å². The molecule has 256 valence electrons. The van der Waals surface area contributed by atoms with Crippen molar-refractivity contribution < 1.29 is 4.42 Å². The normalized spacial score (nSPS) is 11.6. The monoisotopic (exact) mass is 698 g/mol. The van der Waals surface area contributed by atoms with Crippen LogP contribution in [0.1, 0.15) is 0 Å². The van der Waals surface area contributed by atoms with Crippen molar-refractivity contribution in [3.63, 3.8) is 0 Å². The summed E-state index contributed by atoms with van der Waals surface area (Å²) >= 11 is 0. The van der Waals surface area contributed by atoms with Crippen LogP contribution in [0.15, 0.2) is 211 Å². The molecule has 0 radical (unpaired) electrons. The highest BCUT2D eigenvalue weighted by Crippen LogP contribution is 2.46. The molecule has 11 rings (SSSR count). The van der Waals surface area contributed by atoms with Crippen LogP contribution in [0.3, 0.4) is 0 Å². The van der Waals surface area contributed by atoms with E-state index < -0.39 is 0 Å². The maximum atomic E-state index is 6.27. The van der Waals surface area contributed by atoms with Crippen molar-refractivity contribution in [1.29, 1.82) is 0 Å². The predicted molar refractivity (Wildman–Crippen MR) is 233 cm³/mol. The molecule has 1 heterocycles. The zero-order chi connectivity index (χ0) is 36.3. The first-order chi connectivity index (χ1) is 27.3.